The van der Waals surface area contributed by atoms with Gasteiger partial charge in [-0.1, -0.05) is 31.6 Å². The van der Waals surface area contributed by atoms with Crippen LogP contribution in [-0.2, 0) is 6.42 Å². The van der Waals surface area contributed by atoms with Gasteiger partial charge in [0.15, 0.2) is 0 Å². The first-order chi connectivity index (χ1) is 10.5. The predicted octanol–water partition coefficient (Wildman–Crippen LogP) is 3.64. The van der Waals surface area contributed by atoms with Gasteiger partial charge in [-0.05, 0) is 30.6 Å². The zero-order valence-electron chi connectivity index (χ0n) is 12.5. The molecule has 0 amide bonds. The fraction of sp³-hybridized carbons (Fsp3) is 0.333. The molecule has 0 fully saturated rings. The van der Waals surface area contributed by atoms with Crippen LogP contribution in [-0.4, -0.2) is 14.9 Å². The molecule has 0 unspecified atom stereocenters. The second-order valence-electron chi connectivity index (χ2n) is 4.79. The molecule has 0 radical (unpaired) electrons. The van der Waals surface area contributed by atoms with E-state index in [1.807, 2.05) is 19.9 Å². The van der Waals surface area contributed by atoms with E-state index in [1.54, 1.807) is 6.07 Å². The van der Waals surface area contributed by atoms with Gasteiger partial charge in [-0.15, -0.1) is 0 Å². The van der Waals surface area contributed by atoms with Crippen LogP contribution in [0.25, 0.3) is 11.6 Å². The Morgan fingerprint density at radius 3 is 2.82 bits per heavy atom. The van der Waals surface area contributed by atoms with Crippen LogP contribution in [0.1, 0.15) is 43.1 Å². The van der Waals surface area contributed by atoms with E-state index in [0.717, 1.165) is 40.3 Å². The Labute approximate surface area is 131 Å². The Hall–Kier alpha value is -2.28. The SMILES string of the molecule is CCCc1cc(=O)[nH]c(/C(=C/c2ccc([N+](=O)[O-])s2)CC)n1. The number of hydrogen-bond acceptors (Lipinski definition) is 5. The molecule has 7 heteroatoms. The van der Waals surface area contributed by atoms with E-state index in [1.165, 1.54) is 12.1 Å². The summed E-state index contributed by atoms with van der Waals surface area (Å²) >= 11 is 1.10. The number of rotatable bonds is 6. The molecule has 0 saturated carbocycles. The van der Waals surface area contributed by atoms with Crippen molar-refractivity contribution in [3.05, 3.63) is 55.1 Å². The van der Waals surface area contributed by atoms with Crippen molar-refractivity contribution in [2.45, 2.75) is 33.1 Å². The molecular formula is C15H17N3O3S. The minimum atomic E-state index is -0.407. The maximum Gasteiger partial charge on any atom is 0.324 e. The molecule has 2 aromatic rings. The normalized spacial score (nSPS) is 11.6. The van der Waals surface area contributed by atoms with E-state index in [-0.39, 0.29) is 10.6 Å². The number of hydrogen-bond donors (Lipinski definition) is 1. The van der Waals surface area contributed by atoms with Gasteiger partial charge < -0.3 is 4.98 Å². The second kappa shape index (κ2) is 7.13. The summed E-state index contributed by atoms with van der Waals surface area (Å²) in [5.41, 5.74) is 1.44. The van der Waals surface area contributed by atoms with Crippen LogP contribution < -0.4 is 5.56 Å². The summed E-state index contributed by atoms with van der Waals surface area (Å²) in [6.45, 7) is 3.99. The van der Waals surface area contributed by atoms with Crippen molar-refractivity contribution in [3.8, 4) is 0 Å². The number of allylic oxidation sites excluding steroid dienone is 1. The molecule has 116 valence electrons. The molecular weight excluding hydrogens is 302 g/mol. The lowest BCUT2D eigenvalue weighted by Gasteiger charge is -2.06. The van der Waals surface area contributed by atoms with E-state index in [2.05, 4.69) is 9.97 Å². The summed E-state index contributed by atoms with van der Waals surface area (Å²) in [4.78, 5) is 30.1. The van der Waals surface area contributed by atoms with Crippen LogP contribution in [0.5, 0.6) is 0 Å². The van der Waals surface area contributed by atoms with Crippen LogP contribution in [0.15, 0.2) is 23.0 Å². The summed E-state index contributed by atoms with van der Waals surface area (Å²) in [7, 11) is 0. The first kappa shape index (κ1) is 16.1. The van der Waals surface area contributed by atoms with Crippen molar-refractivity contribution >= 4 is 28.0 Å². The molecule has 0 spiro atoms. The van der Waals surface area contributed by atoms with E-state index in [0.29, 0.717) is 12.2 Å². The van der Waals surface area contributed by atoms with E-state index in [4.69, 9.17) is 0 Å². The quantitative estimate of drug-likeness (QED) is 0.650. The number of aryl methyl sites for hydroxylation is 1. The van der Waals surface area contributed by atoms with E-state index < -0.39 is 4.92 Å². The van der Waals surface area contributed by atoms with Gasteiger partial charge in [0.1, 0.15) is 5.82 Å². The van der Waals surface area contributed by atoms with Crippen molar-refractivity contribution in [1.82, 2.24) is 9.97 Å². The van der Waals surface area contributed by atoms with Crippen LogP contribution in [0.3, 0.4) is 0 Å². The van der Waals surface area contributed by atoms with Crippen molar-refractivity contribution in [2.24, 2.45) is 0 Å². The van der Waals surface area contributed by atoms with Gasteiger partial charge in [-0.2, -0.15) is 0 Å². The highest BCUT2D eigenvalue weighted by Gasteiger charge is 2.10. The number of thiophene rings is 1. The largest absolute Gasteiger partial charge is 0.324 e. The van der Waals surface area contributed by atoms with Gasteiger partial charge >= 0.3 is 5.00 Å². The lowest BCUT2D eigenvalue weighted by molar-refractivity contribution is -0.380. The highest BCUT2D eigenvalue weighted by Crippen LogP contribution is 2.28. The second-order valence-corrected chi connectivity index (χ2v) is 5.89. The molecule has 0 saturated heterocycles. The van der Waals surface area contributed by atoms with Gasteiger partial charge in [0, 0.05) is 22.7 Å². The fourth-order valence-corrected chi connectivity index (χ4v) is 2.86. The molecule has 0 aromatic carbocycles. The van der Waals surface area contributed by atoms with E-state index in [9.17, 15) is 14.9 Å². The lowest BCUT2D eigenvalue weighted by Crippen LogP contribution is -2.12. The highest BCUT2D eigenvalue weighted by molar-refractivity contribution is 7.16. The molecule has 0 bridgehead atoms. The van der Waals surface area contributed by atoms with Crippen molar-refractivity contribution in [3.63, 3.8) is 0 Å². The summed E-state index contributed by atoms with van der Waals surface area (Å²) in [5.74, 6) is 0.537. The topological polar surface area (TPSA) is 88.9 Å². The fourth-order valence-electron chi connectivity index (χ4n) is 2.07. The number of H-pyrrole nitrogens is 1. The van der Waals surface area contributed by atoms with Crippen LogP contribution in [0, 0.1) is 10.1 Å². The molecule has 0 atom stereocenters. The third-order valence-corrected chi connectivity index (χ3v) is 4.08. The summed E-state index contributed by atoms with van der Waals surface area (Å²) in [6.07, 6.45) is 4.17. The molecule has 22 heavy (non-hydrogen) atoms. The Kier molecular flexibility index (Phi) is 5.21. The zero-order valence-corrected chi connectivity index (χ0v) is 13.3. The van der Waals surface area contributed by atoms with Crippen LogP contribution in [0.4, 0.5) is 5.00 Å². The van der Waals surface area contributed by atoms with Crippen molar-refractivity contribution in [1.29, 1.82) is 0 Å². The molecule has 0 aliphatic heterocycles. The van der Waals surface area contributed by atoms with Crippen molar-refractivity contribution < 1.29 is 4.92 Å². The molecule has 6 nitrogen and oxygen atoms in total. The molecule has 2 rings (SSSR count). The maximum atomic E-state index is 11.7. The number of nitro groups is 1. The summed E-state index contributed by atoms with van der Waals surface area (Å²) in [5, 5.41) is 10.8. The van der Waals surface area contributed by atoms with Gasteiger partial charge in [-0.25, -0.2) is 4.98 Å². The van der Waals surface area contributed by atoms with Gasteiger partial charge in [0.25, 0.3) is 5.56 Å². The smallest absolute Gasteiger partial charge is 0.307 e. The molecule has 2 aromatic heterocycles. The van der Waals surface area contributed by atoms with Crippen LogP contribution >= 0.6 is 11.3 Å². The Balaban J connectivity index is 2.40. The first-order valence-electron chi connectivity index (χ1n) is 7.09. The number of aromatic amines is 1. The lowest BCUT2D eigenvalue weighted by atomic mass is 10.1. The predicted molar refractivity (Wildman–Crippen MR) is 88.0 cm³/mol. The van der Waals surface area contributed by atoms with Crippen molar-refractivity contribution in [2.75, 3.05) is 0 Å². The molecule has 2 heterocycles. The Morgan fingerprint density at radius 2 is 2.23 bits per heavy atom. The molecule has 1 N–H and O–H groups in total. The average molecular weight is 319 g/mol. The monoisotopic (exact) mass is 319 g/mol. The number of nitrogens with zero attached hydrogens (tertiary/aromatic N) is 2. The Bertz CT molecular complexity index is 761. The minimum absolute atomic E-state index is 0.0999. The van der Waals surface area contributed by atoms with Crippen LogP contribution in [0.2, 0.25) is 0 Å². The van der Waals surface area contributed by atoms with Gasteiger partial charge in [-0.3, -0.25) is 14.9 Å². The zero-order chi connectivity index (χ0) is 16.1. The van der Waals surface area contributed by atoms with E-state index >= 15 is 0 Å². The van der Waals surface area contributed by atoms with Gasteiger partial charge in [0.2, 0.25) is 0 Å². The summed E-state index contributed by atoms with van der Waals surface area (Å²) < 4.78 is 0. The maximum absolute atomic E-state index is 11.7. The Morgan fingerprint density at radius 1 is 1.45 bits per heavy atom. The number of nitrogens with one attached hydrogen (secondary N) is 1. The third kappa shape index (κ3) is 3.88. The first-order valence-corrected chi connectivity index (χ1v) is 7.90. The summed E-state index contributed by atoms with van der Waals surface area (Å²) in [6, 6.07) is 4.69. The van der Waals surface area contributed by atoms with Gasteiger partial charge in [0.05, 0.1) is 4.92 Å². The minimum Gasteiger partial charge on any atom is -0.307 e. The third-order valence-electron chi connectivity index (χ3n) is 3.09. The molecule has 0 aliphatic rings. The molecule has 0 aliphatic carbocycles. The highest BCUT2D eigenvalue weighted by atomic mass is 32.1. The average Bonchev–Trinajstić information content (AvgIpc) is 2.93. The standard InChI is InChI=1S/C15H17N3O3S/c1-3-5-11-9-13(19)17-15(16-11)10(4-2)8-12-6-7-14(22-12)18(20)21/h6-9H,3-5H2,1-2H3,(H,16,17,19)/b10-8+. The number of aromatic nitrogens is 2.